The van der Waals surface area contributed by atoms with E-state index in [2.05, 4.69) is 19.9 Å². The maximum atomic E-state index is 16.0. The lowest BCUT2D eigenvalue weighted by Crippen LogP contribution is -2.43. The molecule has 4 aromatic carbocycles. The van der Waals surface area contributed by atoms with Crippen LogP contribution in [0.5, 0.6) is 23.0 Å². The van der Waals surface area contributed by atoms with Crippen molar-refractivity contribution >= 4 is 80.2 Å². The predicted octanol–water partition coefficient (Wildman–Crippen LogP) is 6.66. The number of nitrogens with zero attached hydrogens (tertiary/aromatic N) is 4. The van der Waals surface area contributed by atoms with Gasteiger partial charge in [0.2, 0.25) is 0 Å². The summed E-state index contributed by atoms with van der Waals surface area (Å²) in [7, 11) is -18.2. The number of aromatic nitrogens is 8. The van der Waals surface area contributed by atoms with Gasteiger partial charge in [-0.15, -0.1) is 0 Å². The lowest BCUT2D eigenvalue weighted by Gasteiger charge is -2.29. The molecule has 4 saturated heterocycles. The first kappa shape index (κ1) is 93.2. The zero-order valence-corrected chi connectivity index (χ0v) is 76.5. The van der Waals surface area contributed by atoms with Crippen LogP contribution in [0.15, 0.2) is 92.5 Å². The van der Waals surface area contributed by atoms with E-state index in [1.165, 1.54) is 0 Å². The fourth-order valence-corrected chi connectivity index (χ4v) is 20.1. The van der Waals surface area contributed by atoms with Crippen LogP contribution in [0, 0.1) is 74.5 Å². The number of aryl methyl sites for hydroxylation is 8. The molecule has 8 aliphatic rings. The molecular formula is C76H88F4N8O36P4S4. The lowest BCUT2D eigenvalue weighted by molar-refractivity contribution is -0.205. The third-order valence-electron chi connectivity index (χ3n) is 20.7. The third kappa shape index (κ3) is 21.0. The second-order valence-corrected chi connectivity index (χ2v) is 38.5. The van der Waals surface area contributed by atoms with Crippen molar-refractivity contribution in [1.82, 2.24) is 38.2 Å². The highest BCUT2D eigenvalue weighted by atomic mass is 32.1. The average molecular weight is 2020 g/mol. The molecule has 720 valence electrons. The highest BCUT2D eigenvalue weighted by Gasteiger charge is 2.62. The topological polar surface area (TPSA) is 610 Å². The molecule has 12 heterocycles. The Morgan fingerprint density at radius 3 is 0.924 bits per heavy atom. The molecule has 0 saturated carbocycles. The van der Waals surface area contributed by atoms with Crippen molar-refractivity contribution < 1.29 is 179 Å². The molecule has 132 heavy (non-hydrogen) atoms. The Morgan fingerprint density at radius 2 is 0.621 bits per heavy atom. The second kappa shape index (κ2) is 39.3. The molecule has 0 radical (unpaired) electrons. The summed E-state index contributed by atoms with van der Waals surface area (Å²) < 4.78 is 248. The average Bonchev–Trinajstić information content (AvgIpc) is 1.56. The van der Waals surface area contributed by atoms with Gasteiger partial charge in [-0.25, -0.2) is 35.8 Å². The molecule has 16 rings (SSSR count). The molecule has 16 N–H and O–H groups in total. The summed E-state index contributed by atoms with van der Waals surface area (Å²) in [6.45, 7) is 0.455. The quantitative estimate of drug-likeness (QED) is 0.0215. The number of phosphoric acid groups is 4. The summed E-state index contributed by atoms with van der Waals surface area (Å²) in [5, 5.41) is 120. The van der Waals surface area contributed by atoms with E-state index in [0.717, 1.165) is 56.2 Å². The molecule has 44 nitrogen and oxygen atoms in total. The van der Waals surface area contributed by atoms with Gasteiger partial charge in [0.1, 0.15) is 98.2 Å². The van der Waals surface area contributed by atoms with Crippen molar-refractivity contribution in [3.63, 3.8) is 0 Å². The fourth-order valence-electron chi connectivity index (χ4n) is 14.2. The van der Waals surface area contributed by atoms with Crippen LogP contribution in [0.4, 0.5) is 17.6 Å². The van der Waals surface area contributed by atoms with Crippen LogP contribution in [-0.4, -0.2) is 198 Å². The summed E-state index contributed by atoms with van der Waals surface area (Å²) in [6.07, 6.45) is -24.1. The minimum atomic E-state index is -4.85. The maximum absolute atomic E-state index is 16.0. The normalized spacial score (nSPS) is 33.3. The van der Waals surface area contributed by atoms with Crippen LogP contribution < -0.4 is 40.3 Å². The Kier molecular flexibility index (Phi) is 27.8. The van der Waals surface area contributed by atoms with Crippen molar-refractivity contribution in [2.45, 2.75) is 205 Å². The van der Waals surface area contributed by atoms with Crippen LogP contribution >= 0.6 is 80.2 Å². The Bertz CT molecular complexity index is 6880. The Hall–Kier alpha value is -7.84. The standard InChI is InChI=1S/4C19H22FN2O9PS/c4*1-9-3-10(2)14-11(4-9)7-28-32(27,31-14)29-8-19(20)15(25)13(24)17(30-19)22-5-12(6-23)16(26)21-18(22)33/h4*3-5,13,15,17,23-25H,6-8H2,1-2H3,(H,21,26,33)/t4*13-,15+,17-,19-,32?/m1111/s1/i8D2,17D;17D;8D2;. The Labute approximate surface area is 770 Å². The van der Waals surface area contributed by atoms with Crippen molar-refractivity contribution in [3.05, 3.63) is 223 Å². The van der Waals surface area contributed by atoms with Crippen molar-refractivity contribution in [3.8, 4) is 23.0 Å². The third-order valence-corrected chi connectivity index (χ3v) is 26.8. The van der Waals surface area contributed by atoms with E-state index in [-0.39, 0.29) is 75.5 Å². The van der Waals surface area contributed by atoms with Crippen molar-refractivity contribution in [2.75, 3.05) is 26.3 Å². The van der Waals surface area contributed by atoms with Gasteiger partial charge in [0.25, 0.3) is 45.7 Å². The molecular weight excluding hydrogens is 1930 g/mol. The first-order valence-electron chi connectivity index (χ1n) is 41.7. The fraction of sp³-hybridized carbons (Fsp3) is 0.474. The number of nitrogens with one attached hydrogen (secondary N) is 4. The number of ether oxygens (including phenoxy) is 4. The van der Waals surface area contributed by atoms with Crippen molar-refractivity contribution in [1.29, 1.82) is 0 Å². The van der Waals surface area contributed by atoms with Crippen LogP contribution in [0.3, 0.4) is 0 Å². The molecule has 4 unspecified atom stereocenters. The van der Waals surface area contributed by atoms with Gasteiger partial charge in [0.15, 0.2) is 43.9 Å². The second-order valence-electron chi connectivity index (χ2n) is 30.7. The number of rotatable bonds is 20. The smallest absolute Gasteiger partial charge is 0.403 e. The van der Waals surface area contributed by atoms with E-state index in [4.69, 9.17) is 130 Å². The van der Waals surface area contributed by atoms with E-state index in [0.29, 0.717) is 59.4 Å². The number of fused-ring (bicyclic) bond motifs is 4. The maximum Gasteiger partial charge on any atom is 0.530 e. The highest BCUT2D eigenvalue weighted by molar-refractivity contribution is 7.71. The van der Waals surface area contributed by atoms with E-state index in [9.17, 15) is 98.7 Å². The summed E-state index contributed by atoms with van der Waals surface area (Å²) in [5.74, 6) is -13.3. The molecule has 0 aliphatic carbocycles. The van der Waals surface area contributed by atoms with Crippen LogP contribution in [0.1, 0.15) is 122 Å². The number of aliphatic hydroxyl groups excluding tert-OH is 12. The molecule has 4 aromatic heterocycles. The number of hydrogen-bond acceptors (Lipinski definition) is 40. The number of benzene rings is 4. The molecule has 0 bridgehead atoms. The Balaban J connectivity index is 0.000000155. The number of hydrogen-bond donors (Lipinski definition) is 16. The Morgan fingerprint density at radius 1 is 0.386 bits per heavy atom. The van der Waals surface area contributed by atoms with E-state index < -0.39 is 213 Å². The van der Waals surface area contributed by atoms with Crippen molar-refractivity contribution in [2.24, 2.45) is 0 Å². The van der Waals surface area contributed by atoms with E-state index in [1.54, 1.807) is 77.1 Å². The number of aromatic amines is 4. The molecule has 4 fully saturated rings. The molecule has 0 spiro atoms. The minimum absolute atomic E-state index is 0.0812. The van der Waals surface area contributed by atoms with Gasteiger partial charge in [-0.2, -0.15) is 0 Å². The minimum Gasteiger partial charge on any atom is -0.403 e. The van der Waals surface area contributed by atoms with Gasteiger partial charge in [0, 0.05) is 47.0 Å². The van der Waals surface area contributed by atoms with Gasteiger partial charge in [-0.3, -0.25) is 93.6 Å². The number of phosphoric ester groups is 4. The van der Waals surface area contributed by atoms with Crippen LogP contribution in [0.25, 0.3) is 0 Å². The monoisotopic (exact) mass is 2020 g/mol. The van der Waals surface area contributed by atoms with Crippen LogP contribution in [0.2, 0.25) is 0 Å². The molecule has 8 aromatic rings. The molecule has 8 aliphatic heterocycles. The number of aliphatic hydroxyl groups is 12. The predicted molar refractivity (Wildman–Crippen MR) is 451 cm³/mol. The van der Waals surface area contributed by atoms with E-state index in [1.807, 2.05) is 26.8 Å². The first-order chi connectivity index (χ1) is 64.1. The first-order valence-corrected chi connectivity index (χ1v) is 46.2. The van der Waals surface area contributed by atoms with Gasteiger partial charge < -0.3 is 98.3 Å². The zero-order chi connectivity index (χ0) is 102. The lowest BCUT2D eigenvalue weighted by atomic mass is 10.1. The van der Waals surface area contributed by atoms with E-state index >= 15 is 17.6 Å². The number of alkyl halides is 4. The largest absolute Gasteiger partial charge is 0.530 e. The van der Waals surface area contributed by atoms with Gasteiger partial charge in [-0.1, -0.05) is 70.8 Å². The zero-order valence-electron chi connectivity index (χ0n) is 75.7. The summed E-state index contributed by atoms with van der Waals surface area (Å²) in [5.41, 5.74) is 4.33. The molecule has 20 atom stereocenters. The van der Waals surface area contributed by atoms with Crippen LogP contribution in [-0.2, 0) is 126 Å². The summed E-state index contributed by atoms with van der Waals surface area (Å²) >= 11 is 19.9. The van der Waals surface area contributed by atoms with Gasteiger partial charge in [0.05, 0.1) is 83.3 Å². The van der Waals surface area contributed by atoms with Gasteiger partial charge in [-0.05, 0) is 127 Å². The molecule has 56 heteroatoms. The van der Waals surface area contributed by atoms with Gasteiger partial charge >= 0.3 is 31.3 Å². The molecule has 0 amide bonds. The number of H-pyrrole nitrogens is 4. The summed E-state index contributed by atoms with van der Waals surface area (Å²) in [4.78, 5) is 55.9. The highest BCUT2D eigenvalue weighted by Crippen LogP contribution is 2.61. The number of halogens is 4. The summed E-state index contributed by atoms with van der Waals surface area (Å²) in [6, 6.07) is 14.0. The SMILES string of the molecule is Cc1cc(C)c2c(c1)COP(=O)(OC[C@@]1(F)O[C@@H](n3cc(CO)c(=O)[nH]c3=S)[C@H](O)[C@@H]1O)O2.[2H]C([2H])(OP1(=O)OCc2cc(C)cc(C)c2O1)[C@@]1(F)O[C@@H](n2cc(CO)c(=O)[nH]c2=S)[C@H](O)[C@@H]1O.[2H]C([2H])(OP1(=O)OCc2cc(C)cc(C)c2O1)[C@@]1(F)O[C@@]([2H])(n2cc(CO)c(=O)[nH]c2=S)[C@H](O)[C@@H]1O.[2H][C@@]1(n2cc(CO)c(=O)[nH]c2=S)O[C@](F)(COP2(=O)OCc3cc(C)cc(C)c3O2)[C@@H](O)[C@H]1O.